The molecular weight excluding hydrogens is 284 g/mol. The van der Waals surface area contributed by atoms with E-state index in [2.05, 4.69) is 11.4 Å². The molecule has 1 aliphatic heterocycles. The third-order valence-corrected chi connectivity index (χ3v) is 5.04. The maximum Gasteiger partial charge on any atom is 0.246 e. The van der Waals surface area contributed by atoms with Gasteiger partial charge in [-0.3, -0.25) is 9.59 Å². The molecule has 0 saturated carbocycles. The molecule has 1 aromatic rings. The lowest BCUT2D eigenvalue weighted by Crippen LogP contribution is -2.66. The SMILES string of the molecule is CCC1C(=O)NC(C(C)(C)C)C(=O)N1Cc1sccc1C. The Morgan fingerprint density at radius 1 is 1.33 bits per heavy atom. The van der Waals surface area contributed by atoms with Crippen molar-refractivity contribution in [2.24, 2.45) is 5.41 Å². The topological polar surface area (TPSA) is 49.4 Å². The molecule has 116 valence electrons. The molecule has 0 aliphatic carbocycles. The fourth-order valence-corrected chi connectivity index (χ4v) is 3.57. The smallest absolute Gasteiger partial charge is 0.246 e. The molecule has 5 heteroatoms. The predicted octanol–water partition coefficient (Wildman–Crippen LogP) is 2.71. The van der Waals surface area contributed by atoms with Crippen LogP contribution in [0.5, 0.6) is 0 Å². The molecule has 0 aromatic carbocycles. The molecule has 4 nitrogen and oxygen atoms in total. The van der Waals surface area contributed by atoms with Gasteiger partial charge in [-0.15, -0.1) is 11.3 Å². The van der Waals surface area contributed by atoms with Crippen LogP contribution in [-0.2, 0) is 16.1 Å². The number of thiophene rings is 1. The Morgan fingerprint density at radius 3 is 2.48 bits per heavy atom. The summed E-state index contributed by atoms with van der Waals surface area (Å²) in [6, 6.07) is 1.24. The minimum atomic E-state index is -0.451. The molecule has 1 aromatic heterocycles. The van der Waals surface area contributed by atoms with Gasteiger partial charge in [0.1, 0.15) is 12.1 Å². The lowest BCUT2D eigenvalue weighted by atomic mass is 9.83. The van der Waals surface area contributed by atoms with Crippen LogP contribution in [0, 0.1) is 12.3 Å². The van der Waals surface area contributed by atoms with E-state index < -0.39 is 6.04 Å². The van der Waals surface area contributed by atoms with Crippen LogP contribution in [0.3, 0.4) is 0 Å². The Bertz CT molecular complexity index is 545. The van der Waals surface area contributed by atoms with Gasteiger partial charge in [-0.25, -0.2) is 0 Å². The molecule has 2 rings (SSSR count). The standard InChI is InChI=1S/C16H24N2O2S/c1-6-11-14(19)17-13(16(3,4)5)15(20)18(11)9-12-10(2)7-8-21-12/h7-8,11,13H,6,9H2,1-5H3,(H,17,19). The van der Waals surface area contributed by atoms with Crippen LogP contribution in [0.15, 0.2) is 11.4 Å². The highest BCUT2D eigenvalue weighted by atomic mass is 32.1. The summed E-state index contributed by atoms with van der Waals surface area (Å²) in [4.78, 5) is 28.1. The average molecular weight is 308 g/mol. The quantitative estimate of drug-likeness (QED) is 0.933. The number of hydrogen-bond donors (Lipinski definition) is 1. The monoisotopic (exact) mass is 308 g/mol. The van der Waals surface area contributed by atoms with Gasteiger partial charge in [-0.2, -0.15) is 0 Å². The van der Waals surface area contributed by atoms with Crippen molar-refractivity contribution in [3.63, 3.8) is 0 Å². The number of rotatable bonds is 3. The number of piperazine rings is 1. The van der Waals surface area contributed by atoms with Gasteiger partial charge < -0.3 is 10.2 Å². The highest BCUT2D eigenvalue weighted by molar-refractivity contribution is 7.10. The van der Waals surface area contributed by atoms with Crippen LogP contribution in [0.25, 0.3) is 0 Å². The maximum atomic E-state index is 12.8. The summed E-state index contributed by atoms with van der Waals surface area (Å²) in [5.41, 5.74) is 0.898. The predicted molar refractivity (Wildman–Crippen MR) is 85.1 cm³/mol. The molecule has 2 atom stereocenters. The lowest BCUT2D eigenvalue weighted by molar-refractivity contribution is -0.153. The van der Waals surface area contributed by atoms with Crippen LogP contribution in [0.4, 0.5) is 0 Å². The van der Waals surface area contributed by atoms with E-state index in [1.165, 1.54) is 5.56 Å². The molecule has 2 heterocycles. The molecule has 21 heavy (non-hydrogen) atoms. The van der Waals surface area contributed by atoms with Crippen molar-refractivity contribution >= 4 is 23.2 Å². The van der Waals surface area contributed by atoms with Crippen molar-refractivity contribution in [1.29, 1.82) is 0 Å². The summed E-state index contributed by atoms with van der Waals surface area (Å²) in [5.74, 6) is -0.00650. The van der Waals surface area contributed by atoms with E-state index in [-0.39, 0.29) is 23.3 Å². The molecule has 1 N–H and O–H groups in total. The number of nitrogens with zero attached hydrogens (tertiary/aromatic N) is 1. The number of carbonyl (C=O) groups is 2. The largest absolute Gasteiger partial charge is 0.342 e. The molecule has 0 spiro atoms. The first-order chi connectivity index (χ1) is 9.75. The van der Waals surface area contributed by atoms with Crippen LogP contribution in [0.2, 0.25) is 0 Å². The summed E-state index contributed by atoms with van der Waals surface area (Å²) in [7, 11) is 0. The zero-order valence-corrected chi connectivity index (χ0v) is 14.2. The first-order valence-electron chi connectivity index (χ1n) is 7.39. The second-order valence-electron chi connectivity index (χ2n) is 6.72. The van der Waals surface area contributed by atoms with E-state index in [1.807, 2.05) is 40.0 Å². The minimum Gasteiger partial charge on any atom is -0.342 e. The number of hydrogen-bond acceptors (Lipinski definition) is 3. The first-order valence-corrected chi connectivity index (χ1v) is 8.27. The van der Waals surface area contributed by atoms with Crippen molar-refractivity contribution < 1.29 is 9.59 Å². The summed E-state index contributed by atoms with van der Waals surface area (Å²) in [6.45, 7) is 10.5. The average Bonchev–Trinajstić information content (AvgIpc) is 2.78. The molecular formula is C16H24N2O2S. The maximum absolute atomic E-state index is 12.8. The summed E-state index contributed by atoms with van der Waals surface area (Å²) < 4.78 is 0. The fraction of sp³-hybridized carbons (Fsp3) is 0.625. The normalized spacial score (nSPS) is 23.4. The Kier molecular flexibility index (Phi) is 4.42. The molecule has 1 aliphatic rings. The molecule has 0 radical (unpaired) electrons. The Morgan fingerprint density at radius 2 is 2.00 bits per heavy atom. The van der Waals surface area contributed by atoms with Crippen LogP contribution in [-0.4, -0.2) is 28.8 Å². The number of amides is 2. The molecule has 2 unspecified atom stereocenters. The molecule has 0 bridgehead atoms. The van der Waals surface area contributed by atoms with Crippen molar-refractivity contribution in [2.75, 3.05) is 0 Å². The number of aryl methyl sites for hydroxylation is 1. The van der Waals surface area contributed by atoms with Gasteiger partial charge in [-0.1, -0.05) is 27.7 Å². The Hall–Kier alpha value is -1.36. The van der Waals surface area contributed by atoms with Gasteiger partial charge in [0.15, 0.2) is 0 Å². The lowest BCUT2D eigenvalue weighted by Gasteiger charge is -2.43. The van der Waals surface area contributed by atoms with E-state index in [4.69, 9.17) is 0 Å². The third-order valence-electron chi connectivity index (χ3n) is 4.03. The van der Waals surface area contributed by atoms with Gasteiger partial charge in [0.25, 0.3) is 0 Å². The fourth-order valence-electron chi connectivity index (χ4n) is 2.66. The molecule has 1 saturated heterocycles. The van der Waals surface area contributed by atoms with E-state index in [0.29, 0.717) is 13.0 Å². The van der Waals surface area contributed by atoms with Crippen LogP contribution in [0.1, 0.15) is 44.6 Å². The second kappa shape index (κ2) is 5.79. The van der Waals surface area contributed by atoms with Crippen molar-refractivity contribution in [2.45, 2.75) is 59.7 Å². The van der Waals surface area contributed by atoms with Crippen molar-refractivity contribution in [3.05, 3.63) is 21.9 Å². The van der Waals surface area contributed by atoms with Crippen molar-refractivity contribution in [3.8, 4) is 0 Å². The molecule has 1 fully saturated rings. The summed E-state index contributed by atoms with van der Waals surface area (Å²) in [6.07, 6.45) is 0.638. The Labute approximate surface area is 130 Å². The van der Waals surface area contributed by atoms with E-state index in [1.54, 1.807) is 16.2 Å². The molecule has 2 amide bonds. The Balaban J connectivity index is 2.31. The van der Waals surface area contributed by atoms with Gasteiger partial charge in [-0.05, 0) is 35.8 Å². The summed E-state index contributed by atoms with van der Waals surface area (Å²) in [5, 5.41) is 4.93. The van der Waals surface area contributed by atoms with Gasteiger partial charge in [0.05, 0.1) is 6.54 Å². The highest BCUT2D eigenvalue weighted by Gasteiger charge is 2.44. The first kappa shape index (κ1) is 16.0. The zero-order chi connectivity index (χ0) is 15.8. The zero-order valence-electron chi connectivity index (χ0n) is 13.4. The summed E-state index contributed by atoms with van der Waals surface area (Å²) >= 11 is 1.64. The van der Waals surface area contributed by atoms with Gasteiger partial charge >= 0.3 is 0 Å². The van der Waals surface area contributed by atoms with Crippen LogP contribution < -0.4 is 5.32 Å². The van der Waals surface area contributed by atoms with Gasteiger partial charge in [0.2, 0.25) is 11.8 Å². The van der Waals surface area contributed by atoms with Crippen molar-refractivity contribution in [1.82, 2.24) is 10.2 Å². The van der Waals surface area contributed by atoms with Crippen LogP contribution >= 0.6 is 11.3 Å². The highest BCUT2D eigenvalue weighted by Crippen LogP contribution is 2.28. The number of carbonyl (C=O) groups excluding carboxylic acids is 2. The second-order valence-corrected chi connectivity index (χ2v) is 7.73. The van der Waals surface area contributed by atoms with E-state index >= 15 is 0 Å². The third kappa shape index (κ3) is 3.12. The van der Waals surface area contributed by atoms with E-state index in [9.17, 15) is 9.59 Å². The minimum absolute atomic E-state index is 0.0294. The van der Waals surface area contributed by atoms with Gasteiger partial charge in [0, 0.05) is 4.88 Å². The van der Waals surface area contributed by atoms with E-state index in [0.717, 1.165) is 4.88 Å². The number of nitrogens with one attached hydrogen (secondary N) is 1.